The minimum Gasteiger partial charge on any atom is -0.675 e. The Hall–Kier alpha value is -12.9. The number of aliphatic hydroxyl groups is 3. The number of Topliss-reactive ketones (excluding diaryl/α,β-unsaturated/α-hetero) is 2. The molecule has 3 aliphatic heterocycles. The molecule has 0 saturated carbocycles. The zero-order valence-corrected chi connectivity index (χ0v) is 96.0. The first-order chi connectivity index (χ1) is 68.6. The van der Waals surface area contributed by atoms with Crippen LogP contribution in [0.2, 0.25) is 0 Å². The van der Waals surface area contributed by atoms with E-state index in [4.69, 9.17) is 50.5 Å². The van der Waals surface area contributed by atoms with Gasteiger partial charge >= 0.3 is 0 Å². The number of hydrogen-bond acceptors (Lipinski definition) is 13. The van der Waals surface area contributed by atoms with Crippen LogP contribution in [0.1, 0.15) is 169 Å². The van der Waals surface area contributed by atoms with Gasteiger partial charge in [0.2, 0.25) is 0 Å². The number of aliphatic imine (C=N–C) groups is 1. The van der Waals surface area contributed by atoms with Gasteiger partial charge in [-0.05, 0) is 184 Å². The van der Waals surface area contributed by atoms with Crippen LogP contribution in [-0.2, 0) is 146 Å². The van der Waals surface area contributed by atoms with E-state index in [9.17, 15) is 19.2 Å². The van der Waals surface area contributed by atoms with Gasteiger partial charge in [-0.2, -0.15) is 0 Å². The molecule has 8 bridgehead atoms. The third-order valence-corrected chi connectivity index (χ3v) is 24.2. The fourth-order valence-corrected chi connectivity index (χ4v) is 17.9. The number of aliphatic hydroxyl groups excluding tert-OH is 3. The summed E-state index contributed by atoms with van der Waals surface area (Å²) in [6, 6.07) is 104. The number of aromatic nitrogens is 7. The van der Waals surface area contributed by atoms with Crippen LogP contribution in [0.4, 0.5) is 0 Å². The van der Waals surface area contributed by atoms with Gasteiger partial charge in [-0.1, -0.05) is 265 Å². The molecule has 6 aromatic heterocycles. The summed E-state index contributed by atoms with van der Waals surface area (Å²) in [6.45, 7) is 25.0. The Labute approximate surface area is 926 Å². The van der Waals surface area contributed by atoms with Crippen molar-refractivity contribution >= 4 is 96.6 Å². The van der Waals surface area contributed by atoms with Crippen molar-refractivity contribution in [2.45, 2.75) is 167 Å². The Morgan fingerprint density at radius 2 is 0.904 bits per heavy atom. The molecule has 9 heterocycles. The van der Waals surface area contributed by atoms with Gasteiger partial charge in [-0.15, -0.1) is 177 Å². The zero-order valence-electron chi connectivity index (χ0n) is 84.1. The molecule has 0 fully saturated rings. The van der Waals surface area contributed by atoms with E-state index in [-0.39, 0.29) is 154 Å². The van der Waals surface area contributed by atoms with Gasteiger partial charge in [0, 0.05) is 150 Å². The quantitative estimate of drug-likeness (QED) is 0.0252. The maximum Gasteiger partial charge on any atom is 0.169 e. The van der Waals surface area contributed by atoms with Gasteiger partial charge in [0.05, 0.1) is 50.7 Å². The number of rotatable bonds is 17. The second-order valence-electron chi connectivity index (χ2n) is 33.9. The number of pyridine rings is 3. The summed E-state index contributed by atoms with van der Waals surface area (Å²) in [5, 5.41) is 39.4. The van der Waals surface area contributed by atoms with E-state index in [1.165, 1.54) is 129 Å². The molecule has 0 spiro atoms. The van der Waals surface area contributed by atoms with Crippen molar-refractivity contribution in [3.05, 3.63) is 428 Å². The Bertz CT molecular complexity index is 7390. The number of allylic oxidation sites excluding steroid dienone is 9. The van der Waals surface area contributed by atoms with E-state index in [1.54, 1.807) is 6.20 Å². The molecule has 0 saturated heterocycles. The molecular formula is C125H118Ir4N9O7Pt-7. The number of carbonyl (C=O) groups excluding carboxylic acids is 4. The van der Waals surface area contributed by atoms with Gasteiger partial charge in [0.15, 0.2) is 23.1 Å². The number of ketones is 4. The molecule has 20 rings (SSSR count). The van der Waals surface area contributed by atoms with Crippen LogP contribution in [0.25, 0.3) is 141 Å². The van der Waals surface area contributed by atoms with E-state index < -0.39 is 0 Å². The molecule has 10 aromatic carbocycles. The SMILES string of the molecule is CC(=O)C1=C(O)CCCC1=O.CC(=O)C=C(C)O.CC(=O)C=C(C)O.CCC1=C(CC)C2=NC1=Cc1[n-]c(c(CC)c1CC)C=C1[N-]C(C=c3[n-]c(c(CC)c3CC)=C2)C(CC)=C1CC.[Ir].[Ir].[Ir].[Ir].[Pt].[c-]1ccc(-c2ccccc2)cc1-c1ccccn1.[c-]1ccccc1-c1nc2ccccc2c2ccccc12.[c-]1ccccc1-c1nc2ccccc2nc1-c1ccccc1.[c-]1ccccc1-c1nccc2ccccc12. The molecule has 16 nitrogen and oxygen atoms in total. The molecule has 1 unspecified atom stereocenters. The summed E-state index contributed by atoms with van der Waals surface area (Å²) in [7, 11) is 0. The number of benzene rings is 10. The summed E-state index contributed by atoms with van der Waals surface area (Å²) in [4.78, 5) is 80.9. The monoisotopic (exact) mass is 2820 g/mol. The number of carbonyl (C=O) groups is 4. The third kappa shape index (κ3) is 30.6. The van der Waals surface area contributed by atoms with Crippen molar-refractivity contribution in [3.8, 4) is 67.4 Å². The fourth-order valence-electron chi connectivity index (χ4n) is 17.9. The predicted molar refractivity (Wildman–Crippen MR) is 577 cm³/mol. The van der Waals surface area contributed by atoms with E-state index in [0.29, 0.717) is 19.3 Å². The topological polar surface area (TPSA) is 248 Å². The van der Waals surface area contributed by atoms with E-state index >= 15 is 0 Å². The molecule has 4 radical (unpaired) electrons. The normalized spacial score (nSPS) is 13.1. The number of hydrogen-bond donors (Lipinski definition) is 3. The first-order valence-electron chi connectivity index (χ1n) is 48.4. The Morgan fingerprint density at radius 3 is 1.42 bits per heavy atom. The number of fused-ring (bicyclic) bond motifs is 12. The van der Waals surface area contributed by atoms with Crippen LogP contribution in [0.15, 0.2) is 359 Å². The van der Waals surface area contributed by atoms with Crippen molar-refractivity contribution in [1.29, 1.82) is 0 Å². The summed E-state index contributed by atoms with van der Waals surface area (Å²) >= 11 is 0. The number of nitrogens with zero attached hydrogens (tertiary/aromatic N) is 9. The summed E-state index contributed by atoms with van der Waals surface area (Å²) in [5.41, 5.74) is 31.3. The van der Waals surface area contributed by atoms with Crippen LogP contribution >= 0.6 is 0 Å². The predicted octanol–water partition coefficient (Wildman–Crippen LogP) is 28.0. The van der Waals surface area contributed by atoms with Crippen molar-refractivity contribution in [2.75, 3.05) is 0 Å². The molecule has 0 amide bonds. The van der Waals surface area contributed by atoms with Crippen LogP contribution < -0.4 is 20.7 Å². The van der Waals surface area contributed by atoms with E-state index in [1.807, 2.05) is 182 Å². The first kappa shape index (κ1) is 118. The molecule has 1 atom stereocenters. The molecular weight excluding hydrogens is 2700 g/mol. The summed E-state index contributed by atoms with van der Waals surface area (Å²) < 4.78 is 0. The largest absolute Gasteiger partial charge is 0.675 e. The minimum absolute atomic E-state index is 0. The van der Waals surface area contributed by atoms with Crippen LogP contribution in [0.3, 0.4) is 0 Å². The van der Waals surface area contributed by atoms with E-state index in [0.717, 1.165) is 163 Å². The zero-order chi connectivity index (χ0) is 99.9. The first-order valence-corrected chi connectivity index (χ1v) is 48.4. The standard InChI is InChI=1S/C36H45N4.C20H13N2.C19H12N.C17H12N.C15H10N.C8H10O3.2C5H8O2.4Ir.Pt/c1-9-21-22(10-2)30-18-32-25(13-5)26(14-6)34(39-32)20-36-28(16-8)27(15-7)35(40-36)19-33-24(12-4)23(11-3)31(38-33)17-29(21)37-30;1-3-9-15(10-4-1)19-20(16-11-5-2-6-12-16)22-18-14-8-7-13-17(18)21-19;1-2-8-14(9-3-1)19-17-12-5-4-10-15(17)16-11-6-7-13-18(16)20-19;1-2-7-14(8-3-1)15-9-6-10-16(13-15)17-11-4-5-12-18-17;1-2-7-13(8-3-1)15-14-9-5-4-6-12(14)10-11-16-15;1-5(9)8-6(10)3-2-4-7(8)11;2*1-4(6)3-5(2)7;;;;;/h17-20,29H,9-16H2,1-8H3;1-11,13-14H;1-8,10-13H;1-9,11-13H;1-7,9-11H;10H,2-4H2,1H3;2*3,6H,1-2H3;;;;;/q-3;4*-1;;;;;;;;. The van der Waals surface area contributed by atoms with Crippen molar-refractivity contribution in [2.24, 2.45) is 4.99 Å². The smallest absolute Gasteiger partial charge is 0.169 e. The molecule has 4 aliphatic rings. The van der Waals surface area contributed by atoms with Gasteiger partial charge in [-0.3, -0.25) is 34.1 Å². The third-order valence-electron chi connectivity index (χ3n) is 24.2. The molecule has 1 aliphatic carbocycles. The summed E-state index contributed by atoms with van der Waals surface area (Å²) in [6.07, 6.45) is 24.3. The van der Waals surface area contributed by atoms with Gasteiger partial charge in [0.1, 0.15) is 5.76 Å². The van der Waals surface area contributed by atoms with Crippen molar-refractivity contribution in [3.63, 3.8) is 0 Å². The van der Waals surface area contributed by atoms with Crippen LogP contribution in [0.5, 0.6) is 0 Å². The molecule has 758 valence electrons. The van der Waals surface area contributed by atoms with Crippen molar-refractivity contribution in [1.82, 2.24) is 34.9 Å². The Kier molecular flexibility index (Phi) is 47.8. The van der Waals surface area contributed by atoms with Gasteiger partial charge in [0.25, 0.3) is 0 Å². The second kappa shape index (κ2) is 59.0. The van der Waals surface area contributed by atoms with Gasteiger partial charge in [-0.25, -0.2) is 4.99 Å². The van der Waals surface area contributed by atoms with Crippen LogP contribution in [-0.4, -0.2) is 75.1 Å². The fraction of sp³-hybridized carbons (Fsp3) is 0.200. The van der Waals surface area contributed by atoms with Crippen molar-refractivity contribution < 1.29 is 136 Å². The molecule has 146 heavy (non-hydrogen) atoms. The average molecular weight is 2820 g/mol. The van der Waals surface area contributed by atoms with Gasteiger partial charge < -0.3 is 40.6 Å². The molecule has 16 aromatic rings. The minimum atomic E-state index is -0.327. The Balaban J connectivity index is 0.000000215. The Morgan fingerprint density at radius 1 is 0.411 bits per heavy atom. The molecule has 3 N–H and O–H groups in total. The average Bonchev–Trinajstić information content (AvgIpc) is 1.22. The summed E-state index contributed by atoms with van der Waals surface area (Å²) in [5.74, 6) is -0.706. The maximum absolute atomic E-state index is 11.0. The number of para-hydroxylation sites is 3. The second-order valence-corrected chi connectivity index (χ2v) is 33.9. The maximum atomic E-state index is 11.0. The van der Waals surface area contributed by atoms with Crippen LogP contribution in [0, 0.1) is 24.3 Å². The molecule has 21 heteroatoms. The van der Waals surface area contributed by atoms with E-state index in [2.05, 4.69) is 211 Å².